The Kier molecular flexibility index (Phi) is 5.13. The summed E-state index contributed by atoms with van der Waals surface area (Å²) in [6.07, 6.45) is 0. The van der Waals surface area contributed by atoms with Gasteiger partial charge in [-0.3, -0.25) is 9.59 Å². The summed E-state index contributed by atoms with van der Waals surface area (Å²) in [5, 5.41) is 13.0. The largest absolute Gasteiger partial charge is 0.509 e. The zero-order valence-corrected chi connectivity index (χ0v) is 16.1. The maximum Gasteiger partial charge on any atom is 0.267 e. The lowest BCUT2D eigenvalue weighted by Gasteiger charge is -2.17. The van der Waals surface area contributed by atoms with E-state index < -0.39 is 11.8 Å². The fourth-order valence-corrected chi connectivity index (χ4v) is 3.33. The summed E-state index contributed by atoms with van der Waals surface area (Å²) in [5.74, 6) is -1.13. The highest BCUT2D eigenvalue weighted by molar-refractivity contribution is 9.10. The SMILES string of the molecule is CC(C)c1ccccc1NC(=O)C1=C(O)CN(c2cccc(Br)c2)C1=O. The first-order valence-electron chi connectivity index (χ1n) is 8.28. The Morgan fingerprint density at radius 3 is 2.62 bits per heavy atom. The molecule has 2 N–H and O–H groups in total. The standard InChI is InChI=1S/C20H19BrN2O3/c1-12(2)15-8-3-4-9-16(15)22-19(25)18-17(24)11-23(20(18)26)14-7-5-6-13(21)10-14/h3-10,12,24H,11H2,1-2H3,(H,22,25). The summed E-state index contributed by atoms with van der Waals surface area (Å²) < 4.78 is 0.811. The summed E-state index contributed by atoms with van der Waals surface area (Å²) >= 11 is 3.36. The van der Waals surface area contributed by atoms with Crippen molar-refractivity contribution in [3.63, 3.8) is 0 Å². The summed E-state index contributed by atoms with van der Waals surface area (Å²) in [4.78, 5) is 26.8. The van der Waals surface area contributed by atoms with E-state index in [4.69, 9.17) is 0 Å². The number of hydrogen-bond donors (Lipinski definition) is 2. The maximum atomic E-state index is 12.7. The smallest absolute Gasteiger partial charge is 0.267 e. The minimum Gasteiger partial charge on any atom is -0.509 e. The number of hydrogen-bond acceptors (Lipinski definition) is 3. The molecule has 6 heteroatoms. The average molecular weight is 415 g/mol. The van der Waals surface area contributed by atoms with Crippen LogP contribution < -0.4 is 10.2 Å². The molecular formula is C20H19BrN2O3. The van der Waals surface area contributed by atoms with Crippen LogP contribution in [0.3, 0.4) is 0 Å². The Hall–Kier alpha value is -2.60. The highest BCUT2D eigenvalue weighted by Crippen LogP contribution is 2.29. The lowest BCUT2D eigenvalue weighted by molar-refractivity contribution is -0.119. The van der Waals surface area contributed by atoms with Crippen LogP contribution in [0.25, 0.3) is 0 Å². The molecule has 1 aliphatic rings. The highest BCUT2D eigenvalue weighted by atomic mass is 79.9. The van der Waals surface area contributed by atoms with E-state index in [1.807, 2.05) is 38.1 Å². The first-order valence-corrected chi connectivity index (χ1v) is 9.07. The molecular weight excluding hydrogens is 396 g/mol. The molecule has 1 aliphatic heterocycles. The highest BCUT2D eigenvalue weighted by Gasteiger charge is 2.36. The Morgan fingerprint density at radius 1 is 1.19 bits per heavy atom. The van der Waals surface area contributed by atoms with Crippen LogP contribution in [-0.2, 0) is 9.59 Å². The number of para-hydroxylation sites is 1. The molecule has 2 amide bonds. The van der Waals surface area contributed by atoms with Gasteiger partial charge in [0.05, 0.1) is 6.54 Å². The van der Waals surface area contributed by atoms with Gasteiger partial charge < -0.3 is 15.3 Å². The van der Waals surface area contributed by atoms with E-state index in [-0.39, 0.29) is 23.8 Å². The van der Waals surface area contributed by atoms with Gasteiger partial charge in [0.2, 0.25) is 0 Å². The molecule has 134 valence electrons. The van der Waals surface area contributed by atoms with Gasteiger partial charge in [0.25, 0.3) is 11.8 Å². The second-order valence-corrected chi connectivity index (χ2v) is 7.30. The molecule has 0 radical (unpaired) electrons. The van der Waals surface area contributed by atoms with Gasteiger partial charge >= 0.3 is 0 Å². The van der Waals surface area contributed by atoms with Crippen molar-refractivity contribution in [1.29, 1.82) is 0 Å². The second-order valence-electron chi connectivity index (χ2n) is 6.39. The predicted octanol–water partition coefficient (Wildman–Crippen LogP) is 4.37. The minimum absolute atomic E-state index is 0.0239. The van der Waals surface area contributed by atoms with Crippen molar-refractivity contribution in [3.8, 4) is 0 Å². The van der Waals surface area contributed by atoms with Crippen molar-refractivity contribution in [2.45, 2.75) is 19.8 Å². The van der Waals surface area contributed by atoms with Crippen molar-refractivity contribution in [1.82, 2.24) is 0 Å². The van der Waals surface area contributed by atoms with E-state index in [2.05, 4.69) is 21.2 Å². The van der Waals surface area contributed by atoms with Crippen LogP contribution in [0.15, 0.2) is 64.3 Å². The zero-order chi connectivity index (χ0) is 18.8. The summed E-state index contributed by atoms with van der Waals surface area (Å²) in [7, 11) is 0. The molecule has 0 unspecified atom stereocenters. The fraction of sp³-hybridized carbons (Fsp3) is 0.200. The third-order valence-corrected chi connectivity index (χ3v) is 4.73. The molecule has 0 atom stereocenters. The molecule has 0 spiro atoms. The number of rotatable bonds is 4. The monoisotopic (exact) mass is 414 g/mol. The third-order valence-electron chi connectivity index (χ3n) is 4.23. The lowest BCUT2D eigenvalue weighted by Crippen LogP contribution is -2.30. The number of amides is 2. The topological polar surface area (TPSA) is 69.6 Å². The van der Waals surface area contributed by atoms with Crippen LogP contribution in [0.5, 0.6) is 0 Å². The van der Waals surface area contributed by atoms with Crippen LogP contribution in [0.2, 0.25) is 0 Å². The Balaban J connectivity index is 1.84. The van der Waals surface area contributed by atoms with E-state index >= 15 is 0 Å². The Labute approximate surface area is 160 Å². The maximum absolute atomic E-state index is 12.7. The number of carbonyl (C=O) groups excluding carboxylic acids is 2. The van der Waals surface area contributed by atoms with Gasteiger partial charge in [-0.05, 0) is 35.7 Å². The van der Waals surface area contributed by atoms with Crippen LogP contribution >= 0.6 is 15.9 Å². The van der Waals surface area contributed by atoms with Gasteiger partial charge in [0, 0.05) is 15.8 Å². The van der Waals surface area contributed by atoms with Crippen molar-refractivity contribution in [2.24, 2.45) is 0 Å². The molecule has 1 heterocycles. The van der Waals surface area contributed by atoms with Crippen molar-refractivity contribution in [2.75, 3.05) is 16.8 Å². The predicted molar refractivity (Wildman–Crippen MR) is 105 cm³/mol. The summed E-state index contributed by atoms with van der Waals surface area (Å²) in [6.45, 7) is 4.03. The van der Waals surface area contributed by atoms with Crippen molar-refractivity contribution >= 4 is 39.1 Å². The Morgan fingerprint density at radius 2 is 1.92 bits per heavy atom. The third kappa shape index (κ3) is 3.51. The van der Waals surface area contributed by atoms with Crippen LogP contribution in [-0.4, -0.2) is 23.5 Å². The molecule has 2 aromatic carbocycles. The van der Waals surface area contributed by atoms with Crippen molar-refractivity contribution in [3.05, 3.63) is 69.9 Å². The molecule has 0 bridgehead atoms. The van der Waals surface area contributed by atoms with Crippen LogP contribution in [0.1, 0.15) is 25.3 Å². The van der Waals surface area contributed by atoms with Gasteiger partial charge in [-0.1, -0.05) is 54.0 Å². The number of benzene rings is 2. The summed E-state index contributed by atoms with van der Waals surface area (Å²) in [6, 6.07) is 14.6. The van der Waals surface area contributed by atoms with Gasteiger partial charge in [-0.25, -0.2) is 0 Å². The van der Waals surface area contributed by atoms with Gasteiger partial charge in [-0.2, -0.15) is 0 Å². The first kappa shape index (κ1) is 18.2. The van der Waals surface area contributed by atoms with Gasteiger partial charge in [0.1, 0.15) is 11.3 Å². The number of aliphatic hydroxyl groups excluding tert-OH is 1. The van der Waals surface area contributed by atoms with Gasteiger partial charge in [-0.15, -0.1) is 0 Å². The number of carbonyl (C=O) groups is 2. The second kappa shape index (κ2) is 7.33. The zero-order valence-electron chi connectivity index (χ0n) is 14.5. The molecule has 2 aromatic rings. The van der Waals surface area contributed by atoms with Crippen molar-refractivity contribution < 1.29 is 14.7 Å². The number of halogens is 1. The van der Waals surface area contributed by atoms with E-state index in [9.17, 15) is 14.7 Å². The van der Waals surface area contributed by atoms with Crippen LogP contribution in [0, 0.1) is 0 Å². The molecule has 3 rings (SSSR count). The number of nitrogens with zero attached hydrogens (tertiary/aromatic N) is 1. The normalized spacial score (nSPS) is 14.3. The molecule has 0 aliphatic carbocycles. The molecule has 0 aromatic heterocycles. The van der Waals surface area contributed by atoms with E-state index in [1.54, 1.807) is 24.3 Å². The minimum atomic E-state index is -0.599. The summed E-state index contributed by atoms with van der Waals surface area (Å²) in [5.41, 5.74) is 2.00. The fourth-order valence-electron chi connectivity index (χ4n) is 2.94. The molecule has 5 nitrogen and oxygen atoms in total. The first-order chi connectivity index (χ1) is 12.4. The Bertz CT molecular complexity index is 905. The average Bonchev–Trinajstić information content (AvgIpc) is 2.89. The quantitative estimate of drug-likeness (QED) is 0.729. The molecule has 0 saturated carbocycles. The lowest BCUT2D eigenvalue weighted by atomic mass is 10.0. The molecule has 26 heavy (non-hydrogen) atoms. The van der Waals surface area contributed by atoms with E-state index in [0.717, 1.165) is 10.0 Å². The number of anilines is 2. The number of aliphatic hydroxyl groups is 1. The van der Waals surface area contributed by atoms with E-state index in [1.165, 1.54) is 4.90 Å². The number of nitrogens with one attached hydrogen (secondary N) is 1. The van der Waals surface area contributed by atoms with Crippen LogP contribution in [0.4, 0.5) is 11.4 Å². The molecule has 0 fully saturated rings. The van der Waals surface area contributed by atoms with Gasteiger partial charge in [0.15, 0.2) is 0 Å². The van der Waals surface area contributed by atoms with E-state index in [0.29, 0.717) is 11.4 Å². The molecule has 0 saturated heterocycles.